The number of hydrogen-bond donors (Lipinski definition) is 1. The predicted octanol–water partition coefficient (Wildman–Crippen LogP) is 4.27. The van der Waals surface area contributed by atoms with Crippen LogP contribution >= 0.6 is 0 Å². The lowest BCUT2D eigenvalue weighted by atomic mass is 10.0. The van der Waals surface area contributed by atoms with Gasteiger partial charge in [0.1, 0.15) is 23.1 Å². The molecule has 1 aromatic carbocycles. The van der Waals surface area contributed by atoms with Crippen molar-refractivity contribution in [2.45, 2.75) is 45.2 Å². The minimum absolute atomic E-state index is 0.0439. The molecule has 0 spiro atoms. The molecule has 4 heterocycles. The van der Waals surface area contributed by atoms with E-state index >= 15 is 0 Å². The first kappa shape index (κ1) is 27.1. The van der Waals surface area contributed by atoms with Gasteiger partial charge < -0.3 is 10.0 Å². The van der Waals surface area contributed by atoms with Crippen molar-refractivity contribution in [3.63, 3.8) is 0 Å². The molecule has 1 amide bonds. The van der Waals surface area contributed by atoms with Crippen LogP contribution in [0.2, 0.25) is 0 Å². The maximum atomic E-state index is 14.2. The zero-order chi connectivity index (χ0) is 28.6. The van der Waals surface area contributed by atoms with Gasteiger partial charge in [-0.25, -0.2) is 13.2 Å². The van der Waals surface area contributed by atoms with Gasteiger partial charge in [0.2, 0.25) is 5.88 Å². The van der Waals surface area contributed by atoms with Gasteiger partial charge >= 0.3 is 0 Å². The molecule has 0 radical (unpaired) electrons. The molecular weight excluding hydrogens is 525 g/mol. The van der Waals surface area contributed by atoms with Crippen molar-refractivity contribution in [1.82, 2.24) is 29.2 Å². The molecule has 0 bridgehead atoms. The minimum Gasteiger partial charge on any atom is -0.493 e. The Balaban J connectivity index is 1.60. The SMILES string of the molecule is CCC(c1cc(F)cc(F)c1)n1c(-c2ccn(CC)n2)nc(O)c(C(=O)N2CCC(c3ccc(F)cn3)C2)c1=O. The molecule has 1 saturated heterocycles. The van der Waals surface area contributed by atoms with Gasteiger partial charge in [-0.15, -0.1) is 0 Å². The molecule has 1 aliphatic heterocycles. The fourth-order valence-electron chi connectivity index (χ4n) is 5.14. The van der Waals surface area contributed by atoms with Crippen LogP contribution in [0.5, 0.6) is 5.88 Å². The van der Waals surface area contributed by atoms with Crippen LogP contribution in [0.4, 0.5) is 13.2 Å². The molecule has 2 atom stereocenters. The highest BCUT2D eigenvalue weighted by atomic mass is 19.1. The summed E-state index contributed by atoms with van der Waals surface area (Å²) in [5, 5.41) is 15.3. The second-order valence-electron chi connectivity index (χ2n) is 9.63. The highest BCUT2D eigenvalue weighted by Gasteiger charge is 2.34. The van der Waals surface area contributed by atoms with Crippen LogP contribution in [0.15, 0.2) is 53.6 Å². The summed E-state index contributed by atoms with van der Waals surface area (Å²) >= 11 is 0. The first-order valence-corrected chi connectivity index (χ1v) is 13.0. The summed E-state index contributed by atoms with van der Waals surface area (Å²) in [5.74, 6) is -3.85. The van der Waals surface area contributed by atoms with Crippen molar-refractivity contribution in [1.29, 1.82) is 0 Å². The zero-order valence-corrected chi connectivity index (χ0v) is 21.9. The van der Waals surface area contributed by atoms with Crippen LogP contribution in [0.25, 0.3) is 11.5 Å². The quantitative estimate of drug-likeness (QED) is 0.367. The number of aryl methyl sites for hydroxylation is 1. The van der Waals surface area contributed by atoms with E-state index < -0.39 is 46.4 Å². The fraction of sp³-hybridized carbons (Fsp3) is 0.321. The Hall–Kier alpha value is -4.48. The summed E-state index contributed by atoms with van der Waals surface area (Å²) in [5.41, 5.74) is -0.405. The third kappa shape index (κ3) is 5.08. The number of hydrogen-bond acceptors (Lipinski definition) is 6. The van der Waals surface area contributed by atoms with Crippen LogP contribution in [-0.4, -0.2) is 53.3 Å². The summed E-state index contributed by atoms with van der Waals surface area (Å²) in [6.07, 6.45) is 3.51. The highest BCUT2D eigenvalue weighted by molar-refractivity contribution is 5.96. The van der Waals surface area contributed by atoms with Gasteiger partial charge in [0, 0.05) is 43.5 Å². The fourth-order valence-corrected chi connectivity index (χ4v) is 5.14. The van der Waals surface area contributed by atoms with Gasteiger partial charge in [-0.1, -0.05) is 6.92 Å². The van der Waals surface area contributed by atoms with Crippen LogP contribution < -0.4 is 5.56 Å². The number of halogens is 3. The molecule has 4 aromatic rings. The summed E-state index contributed by atoms with van der Waals surface area (Å²) in [6.45, 7) is 4.59. The largest absolute Gasteiger partial charge is 0.493 e. The molecule has 12 heteroatoms. The van der Waals surface area contributed by atoms with Crippen molar-refractivity contribution < 1.29 is 23.1 Å². The number of pyridine rings is 1. The number of benzene rings is 1. The van der Waals surface area contributed by atoms with Crippen molar-refractivity contribution in [2.24, 2.45) is 0 Å². The van der Waals surface area contributed by atoms with E-state index in [9.17, 15) is 27.9 Å². The second-order valence-corrected chi connectivity index (χ2v) is 9.63. The van der Waals surface area contributed by atoms with Crippen LogP contribution in [-0.2, 0) is 6.54 Å². The maximum Gasteiger partial charge on any atom is 0.271 e. The number of aromatic hydroxyl groups is 1. The van der Waals surface area contributed by atoms with E-state index in [4.69, 9.17) is 0 Å². The molecule has 0 aliphatic carbocycles. The van der Waals surface area contributed by atoms with Gasteiger partial charge in [0.25, 0.3) is 11.5 Å². The van der Waals surface area contributed by atoms with Crippen LogP contribution in [0, 0.1) is 17.5 Å². The average Bonchev–Trinajstić information content (AvgIpc) is 3.60. The lowest BCUT2D eigenvalue weighted by Gasteiger charge is -2.24. The molecule has 9 nitrogen and oxygen atoms in total. The standard InChI is InChI=1S/C28H27F3N6O3/c1-3-23(17-11-19(30)13-20(31)12-17)37-25(22-8-10-36(4-2)34-22)33-26(38)24(28(37)40)27(39)35-9-7-16(15-35)21-6-5-18(29)14-32-21/h5-6,8,10-14,16,23,38H,3-4,7,9,15H2,1-2H3. The topological polar surface area (TPSA) is 106 Å². The second kappa shape index (κ2) is 10.9. The minimum atomic E-state index is -0.922. The number of carbonyl (C=O) groups excluding carboxylic acids is 1. The van der Waals surface area contributed by atoms with Gasteiger partial charge in [0.05, 0.1) is 12.2 Å². The van der Waals surface area contributed by atoms with Gasteiger partial charge in [-0.2, -0.15) is 10.1 Å². The Morgan fingerprint density at radius 2 is 1.85 bits per heavy atom. The van der Waals surface area contributed by atoms with Crippen molar-refractivity contribution in [3.05, 3.63) is 93.4 Å². The number of amides is 1. The lowest BCUT2D eigenvalue weighted by Crippen LogP contribution is -2.38. The average molecular weight is 553 g/mol. The Labute approximate surface area is 227 Å². The van der Waals surface area contributed by atoms with Crippen LogP contribution in [0.3, 0.4) is 0 Å². The number of carbonyl (C=O) groups is 1. The van der Waals surface area contributed by atoms with Gasteiger partial charge in [0.15, 0.2) is 11.4 Å². The Bertz CT molecular complexity index is 1600. The predicted molar refractivity (Wildman–Crippen MR) is 139 cm³/mol. The Morgan fingerprint density at radius 3 is 2.48 bits per heavy atom. The molecule has 5 rings (SSSR count). The van der Waals surface area contributed by atoms with E-state index in [1.54, 1.807) is 29.9 Å². The molecule has 2 unspecified atom stereocenters. The molecule has 1 aliphatic rings. The normalized spacial score (nSPS) is 15.9. The van der Waals surface area contributed by atoms with Gasteiger partial charge in [-0.3, -0.25) is 23.8 Å². The third-order valence-corrected chi connectivity index (χ3v) is 7.12. The zero-order valence-electron chi connectivity index (χ0n) is 21.9. The third-order valence-electron chi connectivity index (χ3n) is 7.12. The van der Waals surface area contributed by atoms with Gasteiger partial charge in [-0.05, 0) is 55.7 Å². The van der Waals surface area contributed by atoms with Crippen molar-refractivity contribution in [3.8, 4) is 17.4 Å². The highest BCUT2D eigenvalue weighted by Crippen LogP contribution is 2.31. The summed E-state index contributed by atoms with van der Waals surface area (Å²) in [6, 6.07) is 6.48. The summed E-state index contributed by atoms with van der Waals surface area (Å²) in [4.78, 5) is 37.4. The molecule has 1 N–H and O–H groups in total. The molecule has 40 heavy (non-hydrogen) atoms. The number of likely N-dealkylation sites (tertiary alicyclic amines) is 1. The molecule has 3 aromatic heterocycles. The lowest BCUT2D eigenvalue weighted by molar-refractivity contribution is 0.0784. The van der Waals surface area contributed by atoms with E-state index in [0.29, 0.717) is 18.7 Å². The summed E-state index contributed by atoms with van der Waals surface area (Å²) in [7, 11) is 0. The van der Waals surface area contributed by atoms with E-state index in [1.165, 1.54) is 15.5 Å². The van der Waals surface area contributed by atoms with E-state index in [0.717, 1.165) is 24.4 Å². The first-order valence-electron chi connectivity index (χ1n) is 13.0. The molecular formula is C28H27F3N6O3. The maximum absolute atomic E-state index is 14.2. The molecule has 208 valence electrons. The van der Waals surface area contributed by atoms with E-state index in [-0.39, 0.29) is 42.5 Å². The molecule has 0 saturated carbocycles. The van der Waals surface area contributed by atoms with Crippen molar-refractivity contribution >= 4 is 5.91 Å². The first-order chi connectivity index (χ1) is 19.2. The monoisotopic (exact) mass is 552 g/mol. The van der Waals surface area contributed by atoms with E-state index in [2.05, 4.69) is 15.1 Å². The van der Waals surface area contributed by atoms with E-state index in [1.807, 2.05) is 6.92 Å². The Kier molecular flexibility index (Phi) is 7.42. The van der Waals surface area contributed by atoms with Crippen molar-refractivity contribution in [2.75, 3.05) is 13.1 Å². The molecule has 1 fully saturated rings. The number of rotatable bonds is 7. The Morgan fingerprint density at radius 1 is 1.10 bits per heavy atom. The number of nitrogens with zero attached hydrogens (tertiary/aromatic N) is 6. The summed E-state index contributed by atoms with van der Waals surface area (Å²) < 4.78 is 44.5. The number of aromatic nitrogens is 5. The smallest absolute Gasteiger partial charge is 0.271 e. The van der Waals surface area contributed by atoms with Crippen LogP contribution in [0.1, 0.15) is 60.3 Å².